The molecule has 18 heavy (non-hydrogen) atoms. The monoisotopic (exact) mass is 249 g/mol. The Hall–Kier alpha value is -1.35. The van der Waals surface area contributed by atoms with Crippen molar-refractivity contribution in [1.82, 2.24) is 4.90 Å². The van der Waals surface area contributed by atoms with E-state index in [1.807, 2.05) is 11.9 Å². The zero-order chi connectivity index (χ0) is 13.7. The van der Waals surface area contributed by atoms with Crippen LogP contribution in [0, 0.1) is 13.8 Å². The van der Waals surface area contributed by atoms with Crippen LogP contribution >= 0.6 is 0 Å². The molecule has 0 heterocycles. The van der Waals surface area contributed by atoms with Crippen LogP contribution in [0.4, 0.5) is 0 Å². The molecule has 0 radical (unpaired) electrons. The van der Waals surface area contributed by atoms with Crippen LogP contribution in [-0.2, 0) is 11.2 Å². The van der Waals surface area contributed by atoms with Gasteiger partial charge in [0.25, 0.3) is 0 Å². The van der Waals surface area contributed by atoms with Gasteiger partial charge >= 0.3 is 0 Å². The second-order valence-electron chi connectivity index (χ2n) is 4.95. The number of aryl methyl sites for hydroxylation is 2. The van der Waals surface area contributed by atoms with Gasteiger partial charge < -0.3 is 4.74 Å². The minimum Gasteiger partial charge on any atom is -0.496 e. The molecule has 0 aliphatic heterocycles. The maximum absolute atomic E-state index is 11.0. The maximum atomic E-state index is 11.0. The van der Waals surface area contributed by atoms with Crippen molar-refractivity contribution in [2.24, 2.45) is 0 Å². The van der Waals surface area contributed by atoms with E-state index in [1.54, 1.807) is 14.0 Å². The number of likely N-dealkylation sites (N-methyl/N-ethyl adjacent to an activating group) is 1. The molecular weight excluding hydrogens is 226 g/mol. The number of carbonyl (C=O) groups excluding carboxylic acids is 1. The number of Topliss-reactive ketones (excluding diaryl/α,β-unsaturated/α-hetero) is 1. The summed E-state index contributed by atoms with van der Waals surface area (Å²) in [5.74, 6) is 1.15. The van der Waals surface area contributed by atoms with Crippen LogP contribution in [0.3, 0.4) is 0 Å². The summed E-state index contributed by atoms with van der Waals surface area (Å²) in [6.45, 7) is 7.16. The van der Waals surface area contributed by atoms with E-state index in [9.17, 15) is 4.79 Å². The molecule has 0 aliphatic rings. The van der Waals surface area contributed by atoms with Gasteiger partial charge in [-0.2, -0.15) is 0 Å². The second-order valence-corrected chi connectivity index (χ2v) is 4.95. The first-order valence-corrected chi connectivity index (χ1v) is 6.26. The van der Waals surface area contributed by atoms with Crippen molar-refractivity contribution < 1.29 is 9.53 Å². The third kappa shape index (κ3) is 4.15. The molecule has 0 atom stereocenters. The summed E-state index contributed by atoms with van der Waals surface area (Å²) < 4.78 is 5.43. The SMILES string of the molecule is COc1cc(C)cc(C)c1CCN(C)CC(C)=O. The Labute approximate surface area is 110 Å². The van der Waals surface area contributed by atoms with E-state index >= 15 is 0 Å². The number of nitrogens with zero attached hydrogens (tertiary/aromatic N) is 1. The molecule has 3 heteroatoms. The van der Waals surface area contributed by atoms with Crippen molar-refractivity contribution in [3.05, 3.63) is 28.8 Å². The molecule has 0 bridgehead atoms. The largest absolute Gasteiger partial charge is 0.496 e. The lowest BCUT2D eigenvalue weighted by atomic mass is 10.0. The molecule has 100 valence electrons. The molecule has 0 spiro atoms. The number of rotatable bonds is 6. The fourth-order valence-corrected chi connectivity index (χ4v) is 2.22. The Morgan fingerprint density at radius 3 is 2.56 bits per heavy atom. The standard InChI is InChI=1S/C15H23NO2/c1-11-8-12(2)14(15(9-11)18-5)6-7-16(4)10-13(3)17/h8-9H,6-7,10H2,1-5H3. The number of methoxy groups -OCH3 is 1. The summed E-state index contributed by atoms with van der Waals surface area (Å²) in [5, 5.41) is 0. The summed E-state index contributed by atoms with van der Waals surface area (Å²) in [6.07, 6.45) is 0.902. The lowest BCUT2D eigenvalue weighted by Crippen LogP contribution is -2.26. The molecule has 0 saturated carbocycles. The maximum Gasteiger partial charge on any atom is 0.143 e. The van der Waals surface area contributed by atoms with E-state index in [0.29, 0.717) is 6.54 Å². The first-order valence-electron chi connectivity index (χ1n) is 6.26. The molecule has 0 N–H and O–H groups in total. The third-order valence-corrected chi connectivity index (χ3v) is 3.03. The molecule has 1 rings (SSSR count). The number of hydrogen-bond acceptors (Lipinski definition) is 3. The number of carbonyl (C=O) groups is 1. The van der Waals surface area contributed by atoms with E-state index in [4.69, 9.17) is 4.74 Å². The van der Waals surface area contributed by atoms with Gasteiger partial charge in [0.2, 0.25) is 0 Å². The molecule has 0 aliphatic carbocycles. The van der Waals surface area contributed by atoms with Crippen molar-refractivity contribution in [1.29, 1.82) is 0 Å². The van der Waals surface area contributed by atoms with Gasteiger partial charge in [0.15, 0.2) is 0 Å². The van der Waals surface area contributed by atoms with Gasteiger partial charge in [0.1, 0.15) is 11.5 Å². The highest BCUT2D eigenvalue weighted by molar-refractivity contribution is 5.77. The minimum atomic E-state index is 0.199. The summed E-state index contributed by atoms with van der Waals surface area (Å²) >= 11 is 0. The topological polar surface area (TPSA) is 29.5 Å². The Balaban J connectivity index is 2.75. The van der Waals surface area contributed by atoms with Gasteiger partial charge in [-0.05, 0) is 57.0 Å². The number of ether oxygens (including phenoxy) is 1. The highest BCUT2D eigenvalue weighted by Gasteiger charge is 2.09. The average Bonchev–Trinajstić information content (AvgIpc) is 2.25. The van der Waals surface area contributed by atoms with Crippen molar-refractivity contribution >= 4 is 5.78 Å². The lowest BCUT2D eigenvalue weighted by molar-refractivity contribution is -0.117. The quantitative estimate of drug-likeness (QED) is 0.775. The second kappa shape index (κ2) is 6.55. The van der Waals surface area contributed by atoms with Gasteiger partial charge in [0.05, 0.1) is 13.7 Å². The zero-order valence-electron chi connectivity index (χ0n) is 12.0. The first-order chi connectivity index (χ1) is 8.43. The fraction of sp³-hybridized carbons (Fsp3) is 0.533. The van der Waals surface area contributed by atoms with Gasteiger partial charge in [-0.1, -0.05) is 6.07 Å². The number of benzene rings is 1. The molecule has 3 nitrogen and oxygen atoms in total. The van der Waals surface area contributed by atoms with Crippen LogP contribution in [0.1, 0.15) is 23.6 Å². The molecule has 1 aromatic carbocycles. The van der Waals surface area contributed by atoms with Gasteiger partial charge in [-0.25, -0.2) is 0 Å². The molecule has 0 unspecified atom stereocenters. The Morgan fingerprint density at radius 2 is 2.00 bits per heavy atom. The van der Waals surface area contributed by atoms with Crippen LogP contribution in [0.5, 0.6) is 5.75 Å². The van der Waals surface area contributed by atoms with Crippen molar-refractivity contribution in [2.45, 2.75) is 27.2 Å². The van der Waals surface area contributed by atoms with E-state index in [-0.39, 0.29) is 5.78 Å². The molecule has 0 saturated heterocycles. The van der Waals surface area contributed by atoms with Crippen LogP contribution < -0.4 is 4.74 Å². The average molecular weight is 249 g/mol. The molecule has 0 amide bonds. The third-order valence-electron chi connectivity index (χ3n) is 3.03. The molecule has 0 aromatic heterocycles. The van der Waals surface area contributed by atoms with Crippen molar-refractivity contribution in [3.8, 4) is 5.75 Å². The normalized spacial score (nSPS) is 10.8. The summed E-state index contributed by atoms with van der Waals surface area (Å²) in [4.78, 5) is 13.1. The number of ketones is 1. The predicted molar refractivity (Wildman–Crippen MR) is 74.4 cm³/mol. The zero-order valence-corrected chi connectivity index (χ0v) is 12.0. The predicted octanol–water partition coefficient (Wildman–Crippen LogP) is 2.38. The van der Waals surface area contributed by atoms with E-state index in [2.05, 4.69) is 26.0 Å². The van der Waals surface area contributed by atoms with Crippen LogP contribution in [0.25, 0.3) is 0 Å². The van der Waals surface area contributed by atoms with Crippen LogP contribution in [0.15, 0.2) is 12.1 Å². The van der Waals surface area contributed by atoms with E-state index in [1.165, 1.54) is 16.7 Å². The summed E-state index contributed by atoms with van der Waals surface area (Å²) in [6, 6.07) is 4.23. The fourth-order valence-electron chi connectivity index (χ4n) is 2.22. The lowest BCUT2D eigenvalue weighted by Gasteiger charge is -2.17. The smallest absolute Gasteiger partial charge is 0.143 e. The molecular formula is C15H23NO2. The van der Waals surface area contributed by atoms with E-state index in [0.717, 1.165) is 18.7 Å². The highest BCUT2D eigenvalue weighted by atomic mass is 16.5. The van der Waals surface area contributed by atoms with E-state index < -0.39 is 0 Å². The molecule has 0 fully saturated rings. The van der Waals surface area contributed by atoms with Gasteiger partial charge in [-0.3, -0.25) is 9.69 Å². The van der Waals surface area contributed by atoms with Gasteiger partial charge in [0, 0.05) is 6.54 Å². The first kappa shape index (κ1) is 14.7. The highest BCUT2D eigenvalue weighted by Crippen LogP contribution is 2.24. The Bertz CT molecular complexity index is 427. The minimum absolute atomic E-state index is 0.199. The summed E-state index contributed by atoms with van der Waals surface area (Å²) in [5.41, 5.74) is 3.70. The Morgan fingerprint density at radius 1 is 1.33 bits per heavy atom. The van der Waals surface area contributed by atoms with Gasteiger partial charge in [-0.15, -0.1) is 0 Å². The van der Waals surface area contributed by atoms with Crippen molar-refractivity contribution in [3.63, 3.8) is 0 Å². The summed E-state index contributed by atoms with van der Waals surface area (Å²) in [7, 11) is 3.67. The number of hydrogen-bond donors (Lipinski definition) is 0. The van der Waals surface area contributed by atoms with Crippen molar-refractivity contribution in [2.75, 3.05) is 27.2 Å². The molecule has 1 aromatic rings. The van der Waals surface area contributed by atoms with Crippen LogP contribution in [0.2, 0.25) is 0 Å². The Kier molecular flexibility index (Phi) is 5.35. The van der Waals surface area contributed by atoms with Crippen LogP contribution in [-0.4, -0.2) is 37.9 Å².